The number of carbonyl (C=O) groups excluding carboxylic acids is 2. The van der Waals surface area contributed by atoms with Crippen LogP contribution in [-0.4, -0.2) is 32.3 Å². The van der Waals surface area contributed by atoms with Gasteiger partial charge in [0.2, 0.25) is 0 Å². The first kappa shape index (κ1) is 16.5. The van der Waals surface area contributed by atoms with E-state index in [0.717, 1.165) is 0 Å². The van der Waals surface area contributed by atoms with Gasteiger partial charge in [-0.3, -0.25) is 9.59 Å². The molecule has 100 valence electrons. The molecule has 0 spiro atoms. The van der Waals surface area contributed by atoms with E-state index in [1.165, 1.54) is 0 Å². The second-order valence-corrected chi connectivity index (χ2v) is 8.34. The number of Topliss-reactive ketones (excluding diaryl/α,β-unsaturated/α-hetero) is 2. The number of hydrogen-bond acceptors (Lipinski definition) is 4. The van der Waals surface area contributed by atoms with Crippen LogP contribution in [0.3, 0.4) is 0 Å². The monoisotopic (exact) mass is 260 g/mol. The number of hydrogen-bond donors (Lipinski definition) is 0. The van der Waals surface area contributed by atoms with Crippen molar-refractivity contribution >= 4 is 20.1 Å². The fraction of sp³-hybridized carbons (Fsp3) is 0.833. The average molecular weight is 260 g/mol. The van der Waals surface area contributed by atoms with Crippen LogP contribution < -0.4 is 0 Å². The first-order valence-electron chi connectivity index (χ1n) is 5.97. The molecule has 0 saturated heterocycles. The molecule has 0 amide bonds. The summed E-state index contributed by atoms with van der Waals surface area (Å²) in [5.74, 6) is 0.221. The highest BCUT2D eigenvalue weighted by atomic mass is 28.4. The predicted molar refractivity (Wildman–Crippen MR) is 69.2 cm³/mol. The van der Waals surface area contributed by atoms with Gasteiger partial charge in [0, 0.05) is 12.8 Å². The quantitative estimate of drug-likeness (QED) is 0.629. The summed E-state index contributed by atoms with van der Waals surface area (Å²) in [6, 6.07) is 0. The third-order valence-electron chi connectivity index (χ3n) is 2.12. The van der Waals surface area contributed by atoms with Gasteiger partial charge < -0.3 is 8.85 Å². The second-order valence-electron chi connectivity index (χ2n) is 5.07. The van der Waals surface area contributed by atoms with E-state index in [4.69, 9.17) is 8.85 Å². The molecule has 17 heavy (non-hydrogen) atoms. The molecule has 0 aromatic heterocycles. The fourth-order valence-electron chi connectivity index (χ4n) is 1.89. The van der Waals surface area contributed by atoms with Crippen molar-refractivity contribution in [2.75, 3.05) is 0 Å². The molecule has 0 bridgehead atoms. The van der Waals surface area contributed by atoms with E-state index < -0.39 is 8.56 Å². The van der Waals surface area contributed by atoms with Gasteiger partial charge >= 0.3 is 8.56 Å². The average Bonchev–Trinajstić information content (AvgIpc) is 1.95. The Kier molecular flexibility index (Phi) is 6.82. The zero-order valence-corrected chi connectivity index (χ0v) is 12.7. The normalized spacial score (nSPS) is 15.4. The Hall–Kier alpha value is -0.523. The number of ketones is 2. The molecule has 0 aliphatic carbocycles. The molecular formula is C12H24O4Si. The van der Waals surface area contributed by atoms with Crippen molar-refractivity contribution in [3.63, 3.8) is 0 Å². The van der Waals surface area contributed by atoms with E-state index >= 15 is 0 Å². The summed E-state index contributed by atoms with van der Waals surface area (Å²) in [5.41, 5.74) is 0. The van der Waals surface area contributed by atoms with Gasteiger partial charge in [0.05, 0.1) is 12.2 Å². The number of rotatable bonds is 8. The van der Waals surface area contributed by atoms with E-state index in [-0.39, 0.29) is 23.8 Å². The van der Waals surface area contributed by atoms with Crippen molar-refractivity contribution in [1.29, 1.82) is 0 Å². The third kappa shape index (κ3) is 9.20. The molecule has 0 fully saturated rings. The van der Waals surface area contributed by atoms with Gasteiger partial charge in [-0.2, -0.15) is 0 Å². The van der Waals surface area contributed by atoms with Gasteiger partial charge in [-0.25, -0.2) is 0 Å². The molecule has 0 aliphatic rings. The van der Waals surface area contributed by atoms with Crippen LogP contribution >= 0.6 is 0 Å². The Labute approximate surface area is 105 Å². The van der Waals surface area contributed by atoms with Crippen molar-refractivity contribution in [3.8, 4) is 0 Å². The van der Waals surface area contributed by atoms with Crippen molar-refractivity contribution in [3.05, 3.63) is 0 Å². The van der Waals surface area contributed by atoms with Crippen LogP contribution in [0.2, 0.25) is 13.1 Å². The molecule has 4 nitrogen and oxygen atoms in total. The zero-order chi connectivity index (χ0) is 13.6. The molecule has 2 unspecified atom stereocenters. The van der Waals surface area contributed by atoms with Crippen LogP contribution in [0.25, 0.3) is 0 Å². The highest BCUT2D eigenvalue weighted by molar-refractivity contribution is 6.64. The smallest absolute Gasteiger partial charge is 0.332 e. The zero-order valence-electron chi connectivity index (χ0n) is 11.7. The molecule has 0 rings (SSSR count). The first-order valence-corrected chi connectivity index (χ1v) is 8.78. The third-order valence-corrected chi connectivity index (χ3v) is 4.06. The van der Waals surface area contributed by atoms with Crippen molar-refractivity contribution in [1.82, 2.24) is 0 Å². The summed E-state index contributed by atoms with van der Waals surface area (Å²) in [4.78, 5) is 21.9. The summed E-state index contributed by atoms with van der Waals surface area (Å²) >= 11 is 0. The Bertz CT molecular complexity index is 250. The second kappa shape index (κ2) is 7.03. The fourth-order valence-corrected chi connectivity index (χ4v) is 4.05. The minimum Gasteiger partial charge on any atom is -0.391 e. The lowest BCUT2D eigenvalue weighted by molar-refractivity contribution is -0.118. The van der Waals surface area contributed by atoms with E-state index in [1.807, 2.05) is 26.9 Å². The van der Waals surface area contributed by atoms with Crippen LogP contribution in [0.4, 0.5) is 0 Å². The van der Waals surface area contributed by atoms with Crippen LogP contribution in [0.5, 0.6) is 0 Å². The standard InChI is InChI=1S/C12H24O4Si/c1-9(13)7-11(3)15-17(5,6)16-12(4)8-10(2)14/h11-12H,7-8H2,1-6H3. The van der Waals surface area contributed by atoms with Crippen LogP contribution in [0.1, 0.15) is 40.5 Å². The van der Waals surface area contributed by atoms with Gasteiger partial charge in [-0.1, -0.05) is 0 Å². The summed E-state index contributed by atoms with van der Waals surface area (Å²) in [5, 5.41) is 0. The SMILES string of the molecule is CC(=O)CC(C)O[Si](C)(C)OC(C)CC(C)=O. The Morgan fingerprint density at radius 2 is 1.24 bits per heavy atom. The van der Waals surface area contributed by atoms with E-state index in [2.05, 4.69) is 0 Å². The van der Waals surface area contributed by atoms with E-state index in [1.54, 1.807) is 13.8 Å². The minimum atomic E-state index is -2.27. The number of carbonyl (C=O) groups is 2. The van der Waals surface area contributed by atoms with Gasteiger partial charge in [0.1, 0.15) is 11.6 Å². The lowest BCUT2D eigenvalue weighted by atomic mass is 10.2. The lowest BCUT2D eigenvalue weighted by Gasteiger charge is -2.29. The van der Waals surface area contributed by atoms with Gasteiger partial charge in [0.15, 0.2) is 0 Å². The Morgan fingerprint density at radius 3 is 1.47 bits per heavy atom. The maximum atomic E-state index is 11.0. The van der Waals surface area contributed by atoms with Crippen molar-refractivity contribution < 1.29 is 18.4 Å². The summed E-state index contributed by atoms with van der Waals surface area (Å²) < 4.78 is 11.6. The van der Waals surface area contributed by atoms with Crippen LogP contribution in [0, 0.1) is 0 Å². The minimum absolute atomic E-state index is 0.110. The summed E-state index contributed by atoms with van der Waals surface area (Å²) in [7, 11) is -2.27. The molecule has 0 aromatic rings. The van der Waals surface area contributed by atoms with Crippen LogP contribution in [0.15, 0.2) is 0 Å². The topological polar surface area (TPSA) is 52.6 Å². The highest BCUT2D eigenvalue weighted by Crippen LogP contribution is 2.16. The Morgan fingerprint density at radius 1 is 0.941 bits per heavy atom. The maximum Gasteiger partial charge on any atom is 0.332 e. The molecule has 0 aliphatic heterocycles. The Balaban J connectivity index is 4.18. The first-order chi connectivity index (χ1) is 7.62. The summed E-state index contributed by atoms with van der Waals surface area (Å²) in [6.45, 7) is 10.7. The molecule has 0 aromatic carbocycles. The molecule has 0 heterocycles. The molecule has 5 heteroatoms. The van der Waals surface area contributed by atoms with Gasteiger partial charge in [-0.15, -0.1) is 0 Å². The molecule has 0 radical (unpaired) electrons. The molecule has 0 saturated carbocycles. The summed E-state index contributed by atoms with van der Waals surface area (Å²) in [6.07, 6.45) is 0.555. The van der Waals surface area contributed by atoms with Gasteiger partial charge in [-0.05, 0) is 40.8 Å². The lowest BCUT2D eigenvalue weighted by Crippen LogP contribution is -2.41. The molecular weight excluding hydrogens is 236 g/mol. The van der Waals surface area contributed by atoms with Gasteiger partial charge in [0.25, 0.3) is 0 Å². The van der Waals surface area contributed by atoms with Crippen molar-refractivity contribution in [2.45, 2.75) is 65.8 Å². The predicted octanol–water partition coefficient (Wildman–Crippen LogP) is 2.46. The largest absolute Gasteiger partial charge is 0.391 e. The highest BCUT2D eigenvalue weighted by Gasteiger charge is 2.30. The van der Waals surface area contributed by atoms with Crippen molar-refractivity contribution in [2.24, 2.45) is 0 Å². The molecule has 0 N–H and O–H groups in total. The van der Waals surface area contributed by atoms with E-state index in [0.29, 0.717) is 12.8 Å². The van der Waals surface area contributed by atoms with E-state index in [9.17, 15) is 9.59 Å². The van der Waals surface area contributed by atoms with Crippen LogP contribution in [-0.2, 0) is 18.4 Å². The maximum absolute atomic E-state index is 11.0. The molecule has 2 atom stereocenters.